The van der Waals surface area contributed by atoms with Gasteiger partial charge in [0, 0.05) is 28.7 Å². The molecule has 0 bridgehead atoms. The summed E-state index contributed by atoms with van der Waals surface area (Å²) in [5, 5.41) is 20.8. The molecule has 6 heteroatoms. The fourth-order valence-electron chi connectivity index (χ4n) is 4.09. The van der Waals surface area contributed by atoms with Gasteiger partial charge < -0.3 is 19.7 Å². The first-order chi connectivity index (χ1) is 15.3. The molecule has 2 aromatic rings. The van der Waals surface area contributed by atoms with Gasteiger partial charge in [-0.3, -0.25) is 9.59 Å². The van der Waals surface area contributed by atoms with E-state index in [4.69, 9.17) is 9.47 Å². The SMILES string of the molecule is CC/C(C)=C/c1c(CC(O)(CC)CO)c(OC)c2c(c1OC)C(=O)c1ccccc1C2=O. The van der Waals surface area contributed by atoms with Gasteiger partial charge in [-0.05, 0) is 19.8 Å². The molecule has 1 atom stereocenters. The molecule has 0 aliphatic heterocycles. The predicted molar refractivity (Wildman–Crippen MR) is 123 cm³/mol. The van der Waals surface area contributed by atoms with Crippen LogP contribution in [0.1, 0.15) is 76.6 Å². The zero-order chi connectivity index (χ0) is 23.6. The third kappa shape index (κ3) is 3.85. The lowest BCUT2D eigenvalue weighted by atomic mass is 9.78. The molecule has 0 saturated carbocycles. The molecule has 0 heterocycles. The van der Waals surface area contributed by atoms with Crippen LogP contribution in [-0.4, -0.2) is 48.2 Å². The van der Waals surface area contributed by atoms with E-state index in [0.717, 1.165) is 12.0 Å². The highest BCUT2D eigenvalue weighted by atomic mass is 16.5. The zero-order valence-corrected chi connectivity index (χ0v) is 19.2. The van der Waals surface area contributed by atoms with Crippen molar-refractivity contribution in [3.05, 3.63) is 63.2 Å². The molecule has 3 rings (SSSR count). The van der Waals surface area contributed by atoms with Crippen LogP contribution in [0.25, 0.3) is 6.08 Å². The molecule has 0 spiro atoms. The van der Waals surface area contributed by atoms with Crippen molar-refractivity contribution < 1.29 is 29.3 Å². The Bertz CT molecular complexity index is 1090. The summed E-state index contributed by atoms with van der Waals surface area (Å²) < 4.78 is 11.4. The van der Waals surface area contributed by atoms with E-state index in [1.54, 1.807) is 31.2 Å². The van der Waals surface area contributed by atoms with Gasteiger partial charge in [-0.25, -0.2) is 0 Å². The molecular weight excluding hydrogens is 408 g/mol. The van der Waals surface area contributed by atoms with Crippen LogP contribution in [0.5, 0.6) is 11.5 Å². The summed E-state index contributed by atoms with van der Waals surface area (Å²) in [7, 11) is 2.90. The topological polar surface area (TPSA) is 93.1 Å². The molecule has 6 nitrogen and oxygen atoms in total. The molecule has 0 amide bonds. The van der Waals surface area contributed by atoms with Crippen LogP contribution in [0, 0.1) is 0 Å². The summed E-state index contributed by atoms with van der Waals surface area (Å²) in [5.74, 6) is -0.149. The summed E-state index contributed by atoms with van der Waals surface area (Å²) >= 11 is 0. The van der Waals surface area contributed by atoms with Crippen LogP contribution in [0.3, 0.4) is 0 Å². The monoisotopic (exact) mass is 438 g/mol. The Kier molecular flexibility index (Phi) is 6.86. The number of ether oxygens (including phenoxy) is 2. The van der Waals surface area contributed by atoms with Crippen molar-refractivity contribution in [2.45, 2.75) is 45.6 Å². The van der Waals surface area contributed by atoms with Gasteiger partial charge in [-0.1, -0.05) is 49.8 Å². The summed E-state index contributed by atoms with van der Waals surface area (Å²) in [6.45, 7) is 5.28. The third-order valence-corrected chi connectivity index (χ3v) is 6.23. The molecule has 1 unspecified atom stereocenters. The average Bonchev–Trinajstić information content (AvgIpc) is 2.82. The summed E-state index contributed by atoms with van der Waals surface area (Å²) in [5.41, 5.74) is 1.61. The number of methoxy groups -OCH3 is 2. The fourth-order valence-corrected chi connectivity index (χ4v) is 4.09. The number of fused-ring (bicyclic) bond motifs is 2. The highest BCUT2D eigenvalue weighted by Gasteiger charge is 2.39. The predicted octanol–water partition coefficient (Wildman–Crippen LogP) is 3.97. The van der Waals surface area contributed by atoms with E-state index < -0.39 is 12.2 Å². The molecule has 0 saturated heterocycles. The summed E-state index contributed by atoms with van der Waals surface area (Å²) in [6.07, 6.45) is 2.97. The molecule has 1 aliphatic rings. The van der Waals surface area contributed by atoms with E-state index in [-0.39, 0.29) is 47.0 Å². The quantitative estimate of drug-likeness (QED) is 0.553. The van der Waals surface area contributed by atoms with E-state index in [0.29, 0.717) is 22.3 Å². The molecule has 170 valence electrons. The second-order valence-corrected chi connectivity index (χ2v) is 8.17. The largest absolute Gasteiger partial charge is 0.496 e. The Hall–Kier alpha value is -2.96. The summed E-state index contributed by atoms with van der Waals surface area (Å²) in [6, 6.07) is 6.68. The van der Waals surface area contributed by atoms with E-state index in [9.17, 15) is 19.8 Å². The van der Waals surface area contributed by atoms with Gasteiger partial charge in [-0.2, -0.15) is 0 Å². The van der Waals surface area contributed by atoms with Crippen molar-refractivity contribution in [3.8, 4) is 11.5 Å². The molecule has 1 aliphatic carbocycles. The van der Waals surface area contributed by atoms with E-state index in [2.05, 4.69) is 0 Å². The number of ketones is 2. The van der Waals surface area contributed by atoms with E-state index >= 15 is 0 Å². The standard InChI is InChI=1S/C26H30O6/c1-6-15(3)12-18-19(13-26(30,7-2)14-27)25(32-5)21-20(24(18)31-4)22(28)16-10-8-9-11-17(16)23(21)29/h8-12,27,30H,6-7,13-14H2,1-5H3/b15-12+. The molecule has 0 fully saturated rings. The first kappa shape index (κ1) is 23.7. The van der Waals surface area contributed by atoms with Crippen molar-refractivity contribution >= 4 is 17.6 Å². The van der Waals surface area contributed by atoms with Crippen LogP contribution >= 0.6 is 0 Å². The minimum absolute atomic E-state index is 0.0265. The number of aliphatic hydroxyl groups is 2. The second kappa shape index (κ2) is 9.27. The van der Waals surface area contributed by atoms with Crippen LogP contribution in [-0.2, 0) is 6.42 Å². The van der Waals surface area contributed by atoms with Crippen molar-refractivity contribution in [2.75, 3.05) is 20.8 Å². The Morgan fingerprint density at radius 1 is 1.00 bits per heavy atom. The number of benzene rings is 2. The molecular formula is C26H30O6. The van der Waals surface area contributed by atoms with Gasteiger partial charge in [0.1, 0.15) is 11.5 Å². The van der Waals surface area contributed by atoms with Crippen molar-refractivity contribution in [3.63, 3.8) is 0 Å². The number of rotatable bonds is 8. The lowest BCUT2D eigenvalue weighted by molar-refractivity contribution is -0.0174. The van der Waals surface area contributed by atoms with Gasteiger partial charge >= 0.3 is 0 Å². The molecule has 0 radical (unpaired) electrons. The normalized spacial score (nSPS) is 15.2. The van der Waals surface area contributed by atoms with E-state index in [1.807, 2.05) is 19.9 Å². The zero-order valence-electron chi connectivity index (χ0n) is 19.2. The van der Waals surface area contributed by atoms with Crippen LogP contribution in [0.4, 0.5) is 0 Å². The first-order valence-corrected chi connectivity index (χ1v) is 10.8. The van der Waals surface area contributed by atoms with Crippen LogP contribution in [0.2, 0.25) is 0 Å². The molecule has 2 N–H and O–H groups in total. The smallest absolute Gasteiger partial charge is 0.198 e. The van der Waals surface area contributed by atoms with Crippen LogP contribution < -0.4 is 9.47 Å². The summed E-state index contributed by atoms with van der Waals surface area (Å²) in [4.78, 5) is 27.1. The third-order valence-electron chi connectivity index (χ3n) is 6.23. The van der Waals surface area contributed by atoms with E-state index in [1.165, 1.54) is 14.2 Å². The lowest BCUT2D eigenvalue weighted by Crippen LogP contribution is -2.36. The highest BCUT2D eigenvalue weighted by Crippen LogP contribution is 2.46. The average molecular weight is 439 g/mol. The maximum Gasteiger partial charge on any atom is 0.198 e. The van der Waals surface area contributed by atoms with Gasteiger partial charge in [0.2, 0.25) is 0 Å². The number of hydrogen-bond acceptors (Lipinski definition) is 6. The number of carbonyl (C=O) groups excluding carboxylic acids is 2. The maximum atomic E-state index is 13.5. The highest BCUT2D eigenvalue weighted by molar-refractivity contribution is 6.30. The van der Waals surface area contributed by atoms with Crippen molar-refractivity contribution in [1.29, 1.82) is 0 Å². The Balaban J connectivity index is 2.47. The number of allylic oxidation sites excluding steroid dienone is 1. The molecule has 2 aromatic carbocycles. The van der Waals surface area contributed by atoms with Crippen molar-refractivity contribution in [2.24, 2.45) is 0 Å². The van der Waals surface area contributed by atoms with Gasteiger partial charge in [-0.15, -0.1) is 0 Å². The van der Waals surface area contributed by atoms with Crippen LogP contribution in [0.15, 0.2) is 29.8 Å². The Labute approximate surface area is 188 Å². The fraction of sp³-hybridized carbons (Fsp3) is 0.385. The minimum Gasteiger partial charge on any atom is -0.496 e. The Morgan fingerprint density at radius 2 is 1.53 bits per heavy atom. The molecule has 0 aromatic heterocycles. The molecule has 32 heavy (non-hydrogen) atoms. The van der Waals surface area contributed by atoms with Gasteiger partial charge in [0.15, 0.2) is 11.6 Å². The van der Waals surface area contributed by atoms with Gasteiger partial charge in [0.25, 0.3) is 0 Å². The number of aliphatic hydroxyl groups excluding tert-OH is 1. The Morgan fingerprint density at radius 3 is 1.97 bits per heavy atom. The van der Waals surface area contributed by atoms with Crippen molar-refractivity contribution in [1.82, 2.24) is 0 Å². The number of carbonyl (C=O) groups is 2. The van der Waals surface area contributed by atoms with Gasteiger partial charge in [0.05, 0.1) is 37.6 Å². The minimum atomic E-state index is -1.42. The second-order valence-electron chi connectivity index (χ2n) is 8.17. The first-order valence-electron chi connectivity index (χ1n) is 10.8. The lowest BCUT2D eigenvalue weighted by Gasteiger charge is -2.30. The number of hydrogen-bond donors (Lipinski definition) is 2. The maximum absolute atomic E-state index is 13.5.